The molecule has 0 aliphatic rings. The number of esters is 1. The van der Waals surface area contributed by atoms with Gasteiger partial charge in [0.15, 0.2) is 6.10 Å². The van der Waals surface area contributed by atoms with Gasteiger partial charge in [-0.15, -0.1) is 0 Å². The number of nitrogens with one attached hydrogen (secondary N) is 2. The van der Waals surface area contributed by atoms with Gasteiger partial charge in [-0.05, 0) is 48.1 Å². The van der Waals surface area contributed by atoms with Gasteiger partial charge in [0.25, 0.3) is 11.8 Å². The van der Waals surface area contributed by atoms with Crippen molar-refractivity contribution in [3.8, 4) is 0 Å². The highest BCUT2D eigenvalue weighted by Crippen LogP contribution is 2.10. The van der Waals surface area contributed by atoms with Crippen molar-refractivity contribution in [1.82, 2.24) is 10.6 Å². The van der Waals surface area contributed by atoms with Gasteiger partial charge in [-0.2, -0.15) is 0 Å². The Morgan fingerprint density at radius 2 is 1.91 bits per heavy atom. The highest BCUT2D eigenvalue weighted by Gasteiger charge is 2.18. The summed E-state index contributed by atoms with van der Waals surface area (Å²) in [5.41, 5.74) is 0.490. The van der Waals surface area contributed by atoms with E-state index < -0.39 is 12.1 Å². The van der Waals surface area contributed by atoms with Crippen molar-refractivity contribution in [2.24, 2.45) is 0 Å². The van der Waals surface area contributed by atoms with Crippen LogP contribution in [-0.2, 0) is 14.3 Å². The first-order valence-corrected chi connectivity index (χ1v) is 8.03. The number of ether oxygens (including phenoxy) is 1. The molecule has 0 unspecified atom stereocenters. The Morgan fingerprint density at radius 1 is 1.23 bits per heavy atom. The summed E-state index contributed by atoms with van der Waals surface area (Å²) in [6, 6.07) is 7.04. The minimum atomic E-state index is -0.882. The summed E-state index contributed by atoms with van der Waals surface area (Å²) in [6.45, 7) is 3.67. The number of hydrogen-bond acceptors (Lipinski definition) is 4. The van der Waals surface area contributed by atoms with Crippen LogP contribution >= 0.6 is 22.6 Å². The lowest BCUT2D eigenvalue weighted by Crippen LogP contribution is -2.39. The summed E-state index contributed by atoms with van der Waals surface area (Å²) in [4.78, 5) is 35.1. The van der Waals surface area contributed by atoms with Gasteiger partial charge < -0.3 is 15.4 Å². The molecule has 2 amide bonds. The molecule has 1 atom stereocenters. The van der Waals surface area contributed by atoms with Gasteiger partial charge in [-0.25, -0.2) is 0 Å². The van der Waals surface area contributed by atoms with Gasteiger partial charge in [0, 0.05) is 10.1 Å². The third-order valence-electron chi connectivity index (χ3n) is 2.74. The SMILES string of the molecule is CCCNC(=O)[C@H](C)OC(=O)CNC(=O)c1ccccc1I. The standard InChI is InChI=1S/C15H19IN2O4/c1-3-8-17-14(20)10(2)22-13(19)9-18-15(21)11-6-4-5-7-12(11)16/h4-7,10H,3,8-9H2,1-2H3,(H,17,20)(H,18,21)/t10-/m0/s1. The topological polar surface area (TPSA) is 84.5 Å². The Morgan fingerprint density at radius 3 is 2.55 bits per heavy atom. The summed E-state index contributed by atoms with van der Waals surface area (Å²) in [5.74, 6) is -1.36. The second kappa shape index (κ2) is 9.39. The summed E-state index contributed by atoms with van der Waals surface area (Å²) in [6.07, 6.45) is -0.0779. The number of benzene rings is 1. The largest absolute Gasteiger partial charge is 0.451 e. The van der Waals surface area contributed by atoms with E-state index >= 15 is 0 Å². The molecule has 22 heavy (non-hydrogen) atoms. The summed E-state index contributed by atoms with van der Waals surface area (Å²) >= 11 is 2.04. The van der Waals surface area contributed by atoms with E-state index in [9.17, 15) is 14.4 Å². The van der Waals surface area contributed by atoms with E-state index in [1.165, 1.54) is 6.92 Å². The Kier molecular flexibility index (Phi) is 7.86. The molecule has 7 heteroatoms. The molecule has 6 nitrogen and oxygen atoms in total. The van der Waals surface area contributed by atoms with Crippen molar-refractivity contribution < 1.29 is 19.1 Å². The molecule has 0 spiro atoms. The quantitative estimate of drug-likeness (QED) is 0.519. The zero-order valence-electron chi connectivity index (χ0n) is 12.5. The lowest BCUT2D eigenvalue weighted by molar-refractivity contribution is -0.153. The maximum Gasteiger partial charge on any atom is 0.326 e. The van der Waals surface area contributed by atoms with Crippen molar-refractivity contribution in [3.05, 3.63) is 33.4 Å². The molecule has 1 aromatic rings. The van der Waals surface area contributed by atoms with Crippen LogP contribution in [0.2, 0.25) is 0 Å². The summed E-state index contributed by atoms with van der Waals surface area (Å²) in [7, 11) is 0. The fourth-order valence-electron chi connectivity index (χ4n) is 1.58. The van der Waals surface area contributed by atoms with Crippen LogP contribution in [0.25, 0.3) is 0 Å². The maximum absolute atomic E-state index is 11.9. The molecule has 0 aromatic heterocycles. The van der Waals surface area contributed by atoms with Crippen LogP contribution < -0.4 is 10.6 Å². The predicted octanol–water partition coefficient (Wildman–Crippen LogP) is 1.48. The van der Waals surface area contributed by atoms with Crippen molar-refractivity contribution in [2.45, 2.75) is 26.4 Å². The molecular weight excluding hydrogens is 399 g/mol. The van der Waals surface area contributed by atoms with Crippen LogP contribution in [-0.4, -0.2) is 37.0 Å². The molecule has 0 bridgehead atoms. The van der Waals surface area contributed by atoms with Crippen LogP contribution in [0.5, 0.6) is 0 Å². The number of carbonyl (C=O) groups is 3. The highest BCUT2D eigenvalue weighted by molar-refractivity contribution is 14.1. The summed E-state index contributed by atoms with van der Waals surface area (Å²) < 4.78 is 5.75. The molecule has 0 aliphatic heterocycles. The Bertz CT molecular complexity index is 548. The molecule has 0 fully saturated rings. The van der Waals surface area contributed by atoms with Gasteiger partial charge in [-0.1, -0.05) is 19.1 Å². The zero-order chi connectivity index (χ0) is 16.5. The van der Waals surface area contributed by atoms with Gasteiger partial charge >= 0.3 is 5.97 Å². The van der Waals surface area contributed by atoms with E-state index in [0.29, 0.717) is 12.1 Å². The van der Waals surface area contributed by atoms with Crippen LogP contribution in [0.4, 0.5) is 0 Å². The van der Waals surface area contributed by atoms with Gasteiger partial charge in [0.05, 0.1) is 5.56 Å². The predicted molar refractivity (Wildman–Crippen MR) is 90.3 cm³/mol. The number of amides is 2. The number of rotatable bonds is 7. The van der Waals surface area contributed by atoms with E-state index in [-0.39, 0.29) is 18.4 Å². The highest BCUT2D eigenvalue weighted by atomic mass is 127. The van der Waals surface area contributed by atoms with Crippen molar-refractivity contribution in [1.29, 1.82) is 0 Å². The second-order valence-electron chi connectivity index (χ2n) is 4.59. The van der Waals surface area contributed by atoms with E-state index in [2.05, 4.69) is 10.6 Å². The smallest absolute Gasteiger partial charge is 0.326 e. The molecule has 0 heterocycles. The maximum atomic E-state index is 11.9. The van der Waals surface area contributed by atoms with Gasteiger partial charge in [0.2, 0.25) is 0 Å². The first kappa shape index (κ1) is 18.4. The summed E-state index contributed by atoms with van der Waals surface area (Å²) in [5, 5.41) is 5.11. The fourth-order valence-corrected chi connectivity index (χ4v) is 2.21. The van der Waals surface area contributed by atoms with E-state index in [4.69, 9.17) is 4.74 Å². The fraction of sp³-hybridized carbons (Fsp3) is 0.400. The van der Waals surface area contributed by atoms with Crippen molar-refractivity contribution >= 4 is 40.4 Å². The number of carbonyl (C=O) groups excluding carboxylic acids is 3. The Balaban J connectivity index is 2.41. The zero-order valence-corrected chi connectivity index (χ0v) is 14.7. The molecule has 1 rings (SSSR count). The average Bonchev–Trinajstić information content (AvgIpc) is 2.50. The van der Waals surface area contributed by atoms with Gasteiger partial charge in [-0.3, -0.25) is 14.4 Å². The molecule has 0 saturated heterocycles. The van der Waals surface area contributed by atoms with Crippen LogP contribution in [0, 0.1) is 3.57 Å². The van der Waals surface area contributed by atoms with E-state index in [1.807, 2.05) is 35.6 Å². The van der Waals surface area contributed by atoms with E-state index in [1.54, 1.807) is 18.2 Å². The first-order valence-electron chi connectivity index (χ1n) is 6.95. The molecular formula is C15H19IN2O4. The van der Waals surface area contributed by atoms with Crippen LogP contribution in [0.15, 0.2) is 24.3 Å². The lowest BCUT2D eigenvalue weighted by atomic mass is 10.2. The number of halogens is 1. The Labute approximate surface area is 143 Å². The molecule has 2 N–H and O–H groups in total. The van der Waals surface area contributed by atoms with E-state index in [0.717, 1.165) is 9.99 Å². The third-order valence-corrected chi connectivity index (χ3v) is 3.68. The average molecular weight is 418 g/mol. The number of hydrogen-bond donors (Lipinski definition) is 2. The second-order valence-corrected chi connectivity index (χ2v) is 5.75. The monoisotopic (exact) mass is 418 g/mol. The normalized spacial score (nSPS) is 11.4. The van der Waals surface area contributed by atoms with Crippen molar-refractivity contribution in [3.63, 3.8) is 0 Å². The van der Waals surface area contributed by atoms with Crippen molar-refractivity contribution in [2.75, 3.05) is 13.1 Å². The molecule has 0 saturated carbocycles. The molecule has 120 valence electrons. The minimum Gasteiger partial charge on any atom is -0.451 e. The first-order chi connectivity index (χ1) is 10.5. The third kappa shape index (κ3) is 6.00. The van der Waals surface area contributed by atoms with Gasteiger partial charge in [0.1, 0.15) is 6.54 Å². The Hall–Kier alpha value is -1.64. The molecule has 0 radical (unpaired) electrons. The minimum absolute atomic E-state index is 0.283. The van der Waals surface area contributed by atoms with Crippen LogP contribution in [0.3, 0.4) is 0 Å². The van der Waals surface area contributed by atoms with Crippen LogP contribution in [0.1, 0.15) is 30.6 Å². The lowest BCUT2D eigenvalue weighted by Gasteiger charge is -2.13. The molecule has 0 aliphatic carbocycles. The molecule has 1 aromatic carbocycles.